The number of benzene rings is 2. The van der Waals surface area contributed by atoms with Crippen LogP contribution < -0.4 is 4.74 Å². The molecule has 0 bridgehead atoms. The second-order valence-corrected chi connectivity index (χ2v) is 10.4. The molecule has 1 saturated carbocycles. The standard InChI is InChI=1S/C29H34O8/c1-18-3-7-20(8-4-18)15-34-37-25-17-33-26-24(16-32-27(25)26)36-29(31)22-11-13-23(14-12-22)35-28(30)21-9-5-19(2)6-10-21/h5-6,9-14,18,20,24-27H,3-4,7-8,15-17H2,1-2H3/t18?,20?,24?,25-,26+,27+/m0/s1. The summed E-state index contributed by atoms with van der Waals surface area (Å²) in [5.41, 5.74) is 1.86. The van der Waals surface area contributed by atoms with E-state index >= 15 is 0 Å². The molecule has 198 valence electrons. The minimum atomic E-state index is -0.537. The van der Waals surface area contributed by atoms with E-state index in [-0.39, 0.29) is 18.8 Å². The Morgan fingerprint density at radius 2 is 1.41 bits per heavy atom. The van der Waals surface area contributed by atoms with Gasteiger partial charge < -0.3 is 18.9 Å². The summed E-state index contributed by atoms with van der Waals surface area (Å²) in [4.78, 5) is 36.2. The molecule has 1 aliphatic carbocycles. The third-order valence-electron chi connectivity index (χ3n) is 7.44. The predicted molar refractivity (Wildman–Crippen MR) is 133 cm³/mol. The van der Waals surface area contributed by atoms with Crippen LogP contribution in [0.2, 0.25) is 0 Å². The minimum Gasteiger partial charge on any atom is -0.453 e. The summed E-state index contributed by atoms with van der Waals surface area (Å²) in [5, 5.41) is 0. The van der Waals surface area contributed by atoms with Crippen molar-refractivity contribution in [3.63, 3.8) is 0 Å². The molecule has 0 N–H and O–H groups in total. The lowest BCUT2D eigenvalue weighted by atomic mass is 9.83. The molecule has 2 aliphatic heterocycles. The van der Waals surface area contributed by atoms with Gasteiger partial charge in [-0.1, -0.05) is 37.5 Å². The Kier molecular flexibility index (Phi) is 8.20. The Bertz CT molecular complexity index is 1060. The molecule has 5 rings (SSSR count). The summed E-state index contributed by atoms with van der Waals surface area (Å²) in [5.74, 6) is 0.712. The molecule has 37 heavy (non-hydrogen) atoms. The summed E-state index contributed by atoms with van der Waals surface area (Å²) >= 11 is 0. The molecule has 3 fully saturated rings. The number of hydrogen-bond acceptors (Lipinski definition) is 8. The average molecular weight is 511 g/mol. The van der Waals surface area contributed by atoms with Gasteiger partial charge in [-0.05, 0) is 68.0 Å². The maximum Gasteiger partial charge on any atom is 0.343 e. The van der Waals surface area contributed by atoms with Crippen molar-refractivity contribution < 1.29 is 38.3 Å². The highest BCUT2D eigenvalue weighted by atomic mass is 17.2. The highest BCUT2D eigenvalue weighted by Gasteiger charge is 2.50. The molecule has 2 saturated heterocycles. The summed E-state index contributed by atoms with van der Waals surface area (Å²) in [7, 11) is 0. The monoisotopic (exact) mass is 510 g/mol. The molecule has 0 spiro atoms. The van der Waals surface area contributed by atoms with E-state index in [1.54, 1.807) is 36.4 Å². The van der Waals surface area contributed by atoms with E-state index < -0.39 is 24.1 Å². The van der Waals surface area contributed by atoms with E-state index in [0.717, 1.165) is 11.5 Å². The lowest BCUT2D eigenvalue weighted by Gasteiger charge is -2.26. The Labute approximate surface area is 217 Å². The first-order valence-corrected chi connectivity index (χ1v) is 13.1. The van der Waals surface area contributed by atoms with Crippen LogP contribution in [-0.4, -0.2) is 56.2 Å². The van der Waals surface area contributed by atoms with Gasteiger partial charge in [-0.3, -0.25) is 0 Å². The molecule has 2 heterocycles. The molecule has 8 nitrogen and oxygen atoms in total. The third-order valence-corrected chi connectivity index (χ3v) is 7.44. The van der Waals surface area contributed by atoms with Crippen molar-refractivity contribution in [3.05, 3.63) is 65.2 Å². The number of hydrogen-bond donors (Lipinski definition) is 0. The van der Waals surface area contributed by atoms with Gasteiger partial charge in [0.05, 0.1) is 30.9 Å². The van der Waals surface area contributed by atoms with Crippen molar-refractivity contribution in [1.29, 1.82) is 0 Å². The second kappa shape index (κ2) is 11.7. The van der Waals surface area contributed by atoms with Gasteiger partial charge in [0.1, 0.15) is 24.1 Å². The Hall–Kier alpha value is -2.78. The van der Waals surface area contributed by atoms with Gasteiger partial charge >= 0.3 is 11.9 Å². The highest BCUT2D eigenvalue weighted by molar-refractivity contribution is 5.92. The van der Waals surface area contributed by atoms with Gasteiger partial charge in [0.2, 0.25) is 0 Å². The van der Waals surface area contributed by atoms with Crippen molar-refractivity contribution >= 4 is 11.9 Å². The van der Waals surface area contributed by atoms with Crippen LogP contribution in [0.5, 0.6) is 5.75 Å². The highest BCUT2D eigenvalue weighted by Crippen LogP contribution is 2.32. The predicted octanol–water partition coefficient (Wildman–Crippen LogP) is 4.68. The number of carbonyl (C=O) groups is 2. The smallest absolute Gasteiger partial charge is 0.343 e. The van der Waals surface area contributed by atoms with Crippen molar-refractivity contribution in [3.8, 4) is 5.75 Å². The first-order chi connectivity index (χ1) is 18.0. The van der Waals surface area contributed by atoms with Crippen LogP contribution >= 0.6 is 0 Å². The van der Waals surface area contributed by atoms with Crippen molar-refractivity contribution in [2.75, 3.05) is 19.8 Å². The van der Waals surface area contributed by atoms with Gasteiger partial charge in [0.25, 0.3) is 0 Å². The van der Waals surface area contributed by atoms with Gasteiger partial charge in [-0.25, -0.2) is 19.4 Å². The number of esters is 2. The van der Waals surface area contributed by atoms with Gasteiger partial charge in [-0.2, -0.15) is 0 Å². The lowest BCUT2D eigenvalue weighted by Crippen LogP contribution is -2.35. The van der Waals surface area contributed by atoms with Crippen LogP contribution in [0.1, 0.15) is 58.9 Å². The van der Waals surface area contributed by atoms with E-state index in [9.17, 15) is 9.59 Å². The average Bonchev–Trinajstić information content (AvgIpc) is 3.49. The maximum absolute atomic E-state index is 12.7. The molecule has 1 unspecified atom stereocenters. The maximum atomic E-state index is 12.7. The number of fused-ring (bicyclic) bond motifs is 1. The summed E-state index contributed by atoms with van der Waals surface area (Å²) < 4.78 is 22.8. The fourth-order valence-corrected chi connectivity index (χ4v) is 5.05. The largest absolute Gasteiger partial charge is 0.453 e. The Balaban J connectivity index is 1.07. The summed E-state index contributed by atoms with van der Waals surface area (Å²) in [6.07, 6.45) is 3.19. The van der Waals surface area contributed by atoms with E-state index in [1.807, 2.05) is 19.1 Å². The van der Waals surface area contributed by atoms with Crippen molar-refractivity contribution in [2.45, 2.75) is 63.9 Å². The summed E-state index contributed by atoms with van der Waals surface area (Å²) in [6, 6.07) is 13.4. The van der Waals surface area contributed by atoms with Crippen LogP contribution in [0.15, 0.2) is 48.5 Å². The molecule has 0 amide bonds. The van der Waals surface area contributed by atoms with Gasteiger partial charge in [0.15, 0.2) is 6.10 Å². The summed E-state index contributed by atoms with van der Waals surface area (Å²) in [6.45, 7) is 5.38. The molecule has 2 aromatic carbocycles. The Morgan fingerprint density at radius 3 is 2.11 bits per heavy atom. The molecular weight excluding hydrogens is 476 g/mol. The molecular formula is C29H34O8. The van der Waals surface area contributed by atoms with Crippen molar-refractivity contribution in [1.82, 2.24) is 0 Å². The van der Waals surface area contributed by atoms with E-state index in [0.29, 0.717) is 36.0 Å². The first kappa shape index (κ1) is 25.9. The molecule has 0 aromatic heterocycles. The zero-order valence-electron chi connectivity index (χ0n) is 21.3. The fourth-order valence-electron chi connectivity index (χ4n) is 5.05. The van der Waals surface area contributed by atoms with Crippen molar-refractivity contribution in [2.24, 2.45) is 11.8 Å². The number of rotatable bonds is 8. The molecule has 4 atom stereocenters. The van der Waals surface area contributed by atoms with E-state index in [2.05, 4.69) is 6.92 Å². The minimum absolute atomic E-state index is 0.230. The Morgan fingerprint density at radius 1 is 0.811 bits per heavy atom. The lowest BCUT2D eigenvalue weighted by molar-refractivity contribution is -0.339. The van der Waals surface area contributed by atoms with Crippen LogP contribution in [0.25, 0.3) is 0 Å². The van der Waals surface area contributed by atoms with Crippen LogP contribution in [0.4, 0.5) is 0 Å². The van der Waals surface area contributed by atoms with Crippen LogP contribution in [0.3, 0.4) is 0 Å². The molecule has 2 aromatic rings. The van der Waals surface area contributed by atoms with Crippen LogP contribution in [-0.2, 0) is 24.0 Å². The third kappa shape index (κ3) is 6.38. The quantitative estimate of drug-likeness (QED) is 0.219. The van der Waals surface area contributed by atoms with Gasteiger partial charge in [0, 0.05) is 0 Å². The van der Waals surface area contributed by atoms with E-state index in [1.165, 1.54) is 25.7 Å². The first-order valence-electron chi connectivity index (χ1n) is 13.1. The number of aryl methyl sites for hydroxylation is 1. The second-order valence-electron chi connectivity index (χ2n) is 10.4. The molecule has 8 heteroatoms. The van der Waals surface area contributed by atoms with Crippen LogP contribution in [0, 0.1) is 18.8 Å². The van der Waals surface area contributed by atoms with Gasteiger partial charge in [-0.15, -0.1) is 0 Å². The topological polar surface area (TPSA) is 89.5 Å². The number of carbonyl (C=O) groups excluding carboxylic acids is 2. The molecule has 3 aliphatic rings. The zero-order chi connectivity index (χ0) is 25.8. The van der Waals surface area contributed by atoms with E-state index in [4.69, 9.17) is 28.7 Å². The normalized spacial score (nSPS) is 29.0. The zero-order valence-corrected chi connectivity index (χ0v) is 21.3. The number of ether oxygens (including phenoxy) is 4. The SMILES string of the molecule is Cc1ccc(C(=O)Oc2ccc(C(=O)OC3CO[C@@H]4[C@@H](OOCC5CCC(C)CC5)CO[C@H]34)cc2)cc1. The molecule has 0 radical (unpaired) electrons. The fraction of sp³-hybridized carbons (Fsp3) is 0.517.